The summed E-state index contributed by atoms with van der Waals surface area (Å²) in [5, 5.41) is 0.384. The first-order valence-corrected chi connectivity index (χ1v) is 7.44. The molecule has 2 fully saturated rings. The average Bonchev–Trinajstić information content (AvgIpc) is 2.59. The Morgan fingerprint density at radius 3 is 2.24 bits per heavy atom. The van der Waals surface area contributed by atoms with E-state index in [1.54, 1.807) is 11.1 Å². The third kappa shape index (κ3) is 2.01. The van der Waals surface area contributed by atoms with E-state index in [9.17, 15) is 0 Å². The van der Waals surface area contributed by atoms with Crippen LogP contribution in [0.2, 0.25) is 0 Å². The molecule has 1 aromatic rings. The molecule has 1 aromatic carbocycles. The van der Waals surface area contributed by atoms with Gasteiger partial charge in [0, 0.05) is 5.38 Å². The molecule has 1 heteroatoms. The van der Waals surface area contributed by atoms with E-state index in [1.807, 2.05) is 0 Å². The highest BCUT2D eigenvalue weighted by molar-refractivity contribution is 6.21. The summed E-state index contributed by atoms with van der Waals surface area (Å²) in [6, 6.07) is 9.11. The Bertz CT molecular complexity index is 394. The Labute approximate surface area is 109 Å². The van der Waals surface area contributed by atoms with E-state index in [-0.39, 0.29) is 0 Å². The lowest BCUT2D eigenvalue weighted by molar-refractivity contribution is 0.411. The van der Waals surface area contributed by atoms with Crippen molar-refractivity contribution in [3.8, 4) is 0 Å². The number of hydrogen-bond donors (Lipinski definition) is 0. The molecule has 2 aliphatic rings. The molecule has 0 aromatic heterocycles. The van der Waals surface area contributed by atoms with E-state index in [2.05, 4.69) is 31.2 Å². The number of benzene rings is 1. The molecule has 2 saturated carbocycles. The molecule has 0 bridgehead atoms. The molecule has 0 heterocycles. The van der Waals surface area contributed by atoms with Gasteiger partial charge in [-0.15, -0.1) is 11.6 Å². The van der Waals surface area contributed by atoms with E-state index in [0.717, 1.165) is 5.92 Å². The van der Waals surface area contributed by atoms with Crippen molar-refractivity contribution in [1.82, 2.24) is 0 Å². The van der Waals surface area contributed by atoms with Crippen LogP contribution in [-0.2, 0) is 0 Å². The van der Waals surface area contributed by atoms with Crippen molar-refractivity contribution in [2.24, 2.45) is 5.92 Å². The van der Waals surface area contributed by atoms with Gasteiger partial charge in [0.15, 0.2) is 0 Å². The molecule has 92 valence electrons. The highest BCUT2D eigenvalue weighted by Crippen LogP contribution is 2.47. The topological polar surface area (TPSA) is 0 Å². The molecule has 0 amide bonds. The van der Waals surface area contributed by atoms with Crippen LogP contribution in [0, 0.1) is 5.92 Å². The Kier molecular flexibility index (Phi) is 3.17. The highest BCUT2D eigenvalue weighted by atomic mass is 35.5. The summed E-state index contributed by atoms with van der Waals surface area (Å²) in [5.74, 6) is 2.18. The van der Waals surface area contributed by atoms with E-state index < -0.39 is 0 Å². The molecule has 0 N–H and O–H groups in total. The van der Waals surface area contributed by atoms with Crippen molar-refractivity contribution in [3.05, 3.63) is 35.4 Å². The van der Waals surface area contributed by atoms with Gasteiger partial charge in [-0.25, -0.2) is 0 Å². The highest BCUT2D eigenvalue weighted by Gasteiger charge is 2.34. The second-order valence-electron chi connectivity index (χ2n) is 5.82. The van der Waals surface area contributed by atoms with Crippen LogP contribution in [0.15, 0.2) is 24.3 Å². The third-order valence-corrected chi connectivity index (χ3v) is 5.51. The minimum absolute atomic E-state index is 0.384. The molecule has 3 unspecified atom stereocenters. The summed E-state index contributed by atoms with van der Waals surface area (Å²) in [6.07, 6.45) is 6.66. The summed E-state index contributed by atoms with van der Waals surface area (Å²) in [6.45, 7) is 2.33. The number of alkyl halides is 1. The van der Waals surface area contributed by atoms with Crippen LogP contribution in [0.4, 0.5) is 0 Å². The molecule has 0 saturated heterocycles. The first kappa shape index (κ1) is 11.6. The third-order valence-electron chi connectivity index (χ3n) is 4.90. The fraction of sp³-hybridized carbons (Fsp3) is 0.625. The van der Waals surface area contributed by atoms with Gasteiger partial charge in [-0.1, -0.05) is 37.6 Å². The quantitative estimate of drug-likeness (QED) is 0.641. The van der Waals surface area contributed by atoms with Crippen LogP contribution >= 0.6 is 11.6 Å². The van der Waals surface area contributed by atoms with Crippen molar-refractivity contribution >= 4 is 11.6 Å². The molecule has 0 aliphatic heterocycles. The minimum atomic E-state index is 0.384. The zero-order valence-corrected chi connectivity index (χ0v) is 11.3. The van der Waals surface area contributed by atoms with E-state index >= 15 is 0 Å². The maximum atomic E-state index is 6.39. The molecule has 0 nitrogen and oxygen atoms in total. The molecule has 0 radical (unpaired) electrons. The zero-order chi connectivity index (χ0) is 11.8. The Morgan fingerprint density at radius 2 is 1.71 bits per heavy atom. The second kappa shape index (κ2) is 4.65. The maximum absolute atomic E-state index is 6.39. The van der Waals surface area contributed by atoms with Crippen LogP contribution in [-0.4, -0.2) is 5.38 Å². The smallest absolute Gasteiger partial charge is 0.0367 e. The van der Waals surface area contributed by atoms with Gasteiger partial charge in [0.1, 0.15) is 0 Å². The molecule has 17 heavy (non-hydrogen) atoms. The van der Waals surface area contributed by atoms with E-state index in [1.165, 1.54) is 32.1 Å². The van der Waals surface area contributed by atoms with Crippen LogP contribution in [0.1, 0.15) is 62.0 Å². The van der Waals surface area contributed by atoms with Gasteiger partial charge in [0.2, 0.25) is 0 Å². The lowest BCUT2D eigenvalue weighted by atomic mass is 9.75. The molecule has 3 rings (SSSR count). The second-order valence-corrected chi connectivity index (χ2v) is 6.38. The number of rotatable bonds is 2. The first-order chi connectivity index (χ1) is 8.27. The number of hydrogen-bond acceptors (Lipinski definition) is 0. The molecular formula is C16H21Cl. The lowest BCUT2D eigenvalue weighted by Crippen LogP contribution is -2.16. The predicted molar refractivity (Wildman–Crippen MR) is 73.8 cm³/mol. The monoisotopic (exact) mass is 248 g/mol. The standard InChI is InChI=1S/C16H21Cl/c1-11-13(9-10-16(11)17)15-8-3-2-7-14(15)12-5-4-6-12/h2-3,7-8,11-13,16H,4-6,9-10H2,1H3. The SMILES string of the molecule is CC1C(Cl)CCC1c1ccccc1C1CCC1. The van der Waals surface area contributed by atoms with Crippen molar-refractivity contribution < 1.29 is 0 Å². The average molecular weight is 249 g/mol. The van der Waals surface area contributed by atoms with Crippen molar-refractivity contribution in [2.45, 2.75) is 56.2 Å². The Morgan fingerprint density at radius 1 is 1.00 bits per heavy atom. The van der Waals surface area contributed by atoms with Crippen LogP contribution in [0.3, 0.4) is 0 Å². The van der Waals surface area contributed by atoms with Crippen LogP contribution in [0.25, 0.3) is 0 Å². The fourth-order valence-corrected chi connectivity index (χ4v) is 3.80. The van der Waals surface area contributed by atoms with E-state index in [0.29, 0.717) is 17.2 Å². The van der Waals surface area contributed by atoms with Gasteiger partial charge >= 0.3 is 0 Å². The molecular weight excluding hydrogens is 228 g/mol. The normalized spacial score (nSPS) is 33.6. The Hall–Kier alpha value is -0.490. The van der Waals surface area contributed by atoms with Gasteiger partial charge in [0.25, 0.3) is 0 Å². The van der Waals surface area contributed by atoms with Gasteiger partial charge in [-0.3, -0.25) is 0 Å². The Balaban J connectivity index is 1.91. The zero-order valence-electron chi connectivity index (χ0n) is 10.5. The summed E-state index contributed by atoms with van der Waals surface area (Å²) in [7, 11) is 0. The van der Waals surface area contributed by atoms with Gasteiger partial charge in [-0.2, -0.15) is 0 Å². The number of halogens is 1. The molecule has 0 spiro atoms. The van der Waals surface area contributed by atoms with Crippen molar-refractivity contribution in [3.63, 3.8) is 0 Å². The largest absolute Gasteiger partial charge is 0.123 e. The van der Waals surface area contributed by atoms with Gasteiger partial charge in [-0.05, 0) is 54.6 Å². The summed E-state index contributed by atoms with van der Waals surface area (Å²) < 4.78 is 0. The van der Waals surface area contributed by atoms with Gasteiger partial charge < -0.3 is 0 Å². The maximum Gasteiger partial charge on any atom is 0.0367 e. The predicted octanol–water partition coefficient (Wildman–Crippen LogP) is 5.08. The minimum Gasteiger partial charge on any atom is -0.123 e. The van der Waals surface area contributed by atoms with Crippen molar-refractivity contribution in [2.75, 3.05) is 0 Å². The summed E-state index contributed by atoms with van der Waals surface area (Å²) in [5.41, 5.74) is 3.23. The lowest BCUT2D eigenvalue weighted by Gasteiger charge is -2.30. The van der Waals surface area contributed by atoms with Crippen molar-refractivity contribution in [1.29, 1.82) is 0 Å². The summed E-state index contributed by atoms with van der Waals surface area (Å²) in [4.78, 5) is 0. The van der Waals surface area contributed by atoms with Crippen LogP contribution < -0.4 is 0 Å². The summed E-state index contributed by atoms with van der Waals surface area (Å²) >= 11 is 6.39. The first-order valence-electron chi connectivity index (χ1n) is 7.00. The van der Waals surface area contributed by atoms with E-state index in [4.69, 9.17) is 11.6 Å². The molecule has 2 aliphatic carbocycles. The fourth-order valence-electron chi connectivity index (χ4n) is 3.49. The van der Waals surface area contributed by atoms with Crippen LogP contribution in [0.5, 0.6) is 0 Å². The van der Waals surface area contributed by atoms with Gasteiger partial charge in [0.05, 0.1) is 0 Å². The molecule has 3 atom stereocenters.